The first-order chi connectivity index (χ1) is 17.6. The number of aromatic nitrogens is 1. The van der Waals surface area contributed by atoms with Crippen LogP contribution in [0.2, 0.25) is 0 Å². The maximum atomic E-state index is 5.92. The predicted octanol–water partition coefficient (Wildman–Crippen LogP) is 4.60. The minimum absolute atomic E-state index is 0.385. The van der Waals surface area contributed by atoms with Crippen LogP contribution in [0.5, 0.6) is 17.4 Å². The first kappa shape index (κ1) is 24.6. The van der Waals surface area contributed by atoms with Gasteiger partial charge in [-0.15, -0.1) is 0 Å². The summed E-state index contributed by atoms with van der Waals surface area (Å²) in [6, 6.07) is 16.3. The lowest BCUT2D eigenvalue weighted by Crippen LogP contribution is -2.65. The van der Waals surface area contributed by atoms with Gasteiger partial charge in [-0.05, 0) is 42.3 Å². The van der Waals surface area contributed by atoms with Gasteiger partial charge in [0.2, 0.25) is 5.88 Å². The Morgan fingerprint density at radius 1 is 0.944 bits per heavy atom. The highest BCUT2D eigenvalue weighted by Gasteiger charge is 2.48. The van der Waals surface area contributed by atoms with E-state index in [1.807, 2.05) is 36.4 Å². The monoisotopic (exact) mass is 490 g/mol. The van der Waals surface area contributed by atoms with Gasteiger partial charge in [-0.3, -0.25) is 4.90 Å². The highest BCUT2D eigenvalue weighted by Crippen LogP contribution is 2.42. The van der Waals surface area contributed by atoms with Crippen LogP contribution in [0.25, 0.3) is 22.4 Å². The van der Waals surface area contributed by atoms with Crippen LogP contribution in [0, 0.1) is 12.3 Å². The zero-order valence-corrected chi connectivity index (χ0v) is 21.5. The molecule has 2 fully saturated rings. The van der Waals surface area contributed by atoms with E-state index in [0.717, 1.165) is 77.9 Å². The molecule has 0 bridgehead atoms. The fourth-order valence-electron chi connectivity index (χ4n) is 5.14. The molecular formula is C29H34N2O5. The van der Waals surface area contributed by atoms with Crippen molar-refractivity contribution in [3.8, 4) is 39.8 Å². The lowest BCUT2D eigenvalue weighted by atomic mass is 9.78. The summed E-state index contributed by atoms with van der Waals surface area (Å²) in [6.07, 6.45) is 0. The summed E-state index contributed by atoms with van der Waals surface area (Å²) in [4.78, 5) is 7.36. The number of hydrogen-bond donors (Lipinski definition) is 0. The van der Waals surface area contributed by atoms with Gasteiger partial charge in [-0.2, -0.15) is 0 Å². The predicted molar refractivity (Wildman–Crippen MR) is 139 cm³/mol. The van der Waals surface area contributed by atoms with Gasteiger partial charge in [0.05, 0.1) is 39.7 Å². The molecule has 5 rings (SSSR count). The summed E-state index contributed by atoms with van der Waals surface area (Å²) >= 11 is 0. The van der Waals surface area contributed by atoms with Crippen molar-refractivity contribution in [2.75, 3.05) is 60.8 Å². The van der Waals surface area contributed by atoms with Crippen molar-refractivity contribution < 1.29 is 23.7 Å². The summed E-state index contributed by atoms with van der Waals surface area (Å²) in [5.41, 5.74) is 6.48. The molecule has 2 aliphatic heterocycles. The molecule has 0 radical (unpaired) electrons. The first-order valence-electron chi connectivity index (χ1n) is 12.3. The molecule has 0 saturated carbocycles. The Hall–Kier alpha value is -3.13. The highest BCUT2D eigenvalue weighted by molar-refractivity contribution is 5.81. The molecule has 0 atom stereocenters. The van der Waals surface area contributed by atoms with E-state index >= 15 is 0 Å². The van der Waals surface area contributed by atoms with Crippen LogP contribution in [-0.2, 0) is 16.0 Å². The van der Waals surface area contributed by atoms with Gasteiger partial charge in [0.25, 0.3) is 0 Å². The summed E-state index contributed by atoms with van der Waals surface area (Å²) in [5, 5.41) is 0. The molecular weight excluding hydrogens is 456 g/mol. The highest BCUT2D eigenvalue weighted by atomic mass is 16.5. The minimum Gasteiger partial charge on any atom is -0.495 e. The Kier molecular flexibility index (Phi) is 7.14. The standard InChI is InChI=1S/C29H34N2O5/c1-20-14-26(30-28(34-4)25(20)15-31-16-29(17-31)18-35-19-29)24-7-5-6-23(27(24)33-3)21-8-10-22(11-9-21)36-13-12-32-2/h5-11,14H,12-13,15-19H2,1-4H3. The molecule has 2 saturated heterocycles. The Morgan fingerprint density at radius 3 is 2.33 bits per heavy atom. The van der Waals surface area contributed by atoms with Crippen molar-refractivity contribution in [3.63, 3.8) is 0 Å². The summed E-state index contributed by atoms with van der Waals surface area (Å²) in [6.45, 7) is 7.95. The molecule has 0 N–H and O–H groups in total. The smallest absolute Gasteiger partial charge is 0.218 e. The maximum absolute atomic E-state index is 5.92. The summed E-state index contributed by atoms with van der Waals surface area (Å²) in [7, 11) is 5.06. The van der Waals surface area contributed by atoms with Crippen molar-refractivity contribution in [1.82, 2.24) is 9.88 Å². The van der Waals surface area contributed by atoms with Crippen LogP contribution in [0.4, 0.5) is 0 Å². The Morgan fingerprint density at radius 2 is 1.69 bits per heavy atom. The molecule has 7 heteroatoms. The second-order valence-electron chi connectivity index (χ2n) is 9.70. The normalized spacial score (nSPS) is 16.3. The third-order valence-electron chi connectivity index (χ3n) is 7.04. The molecule has 190 valence electrons. The molecule has 36 heavy (non-hydrogen) atoms. The van der Waals surface area contributed by atoms with E-state index in [4.69, 9.17) is 28.7 Å². The van der Waals surface area contributed by atoms with Crippen LogP contribution in [0.3, 0.4) is 0 Å². The number of para-hydroxylation sites is 1. The van der Waals surface area contributed by atoms with Crippen molar-refractivity contribution in [1.29, 1.82) is 0 Å². The van der Waals surface area contributed by atoms with Gasteiger partial charge >= 0.3 is 0 Å². The molecule has 3 aromatic rings. The number of likely N-dealkylation sites (tertiary alicyclic amines) is 1. The lowest BCUT2D eigenvalue weighted by Gasteiger charge is -2.55. The van der Waals surface area contributed by atoms with Crippen molar-refractivity contribution in [3.05, 3.63) is 59.7 Å². The number of rotatable bonds is 10. The first-order valence-corrected chi connectivity index (χ1v) is 12.3. The second-order valence-corrected chi connectivity index (χ2v) is 9.70. The number of nitrogens with zero attached hydrogens (tertiary/aromatic N) is 2. The van der Waals surface area contributed by atoms with Gasteiger partial charge in [0.15, 0.2) is 0 Å². The van der Waals surface area contributed by atoms with E-state index in [9.17, 15) is 0 Å². The molecule has 1 aromatic heterocycles. The van der Waals surface area contributed by atoms with Crippen LogP contribution in [0.15, 0.2) is 48.5 Å². The third-order valence-corrected chi connectivity index (χ3v) is 7.04. The number of pyridine rings is 1. The van der Waals surface area contributed by atoms with E-state index < -0.39 is 0 Å². The van der Waals surface area contributed by atoms with E-state index in [1.54, 1.807) is 21.3 Å². The van der Waals surface area contributed by atoms with Gasteiger partial charge < -0.3 is 23.7 Å². The number of aryl methyl sites for hydroxylation is 1. The minimum atomic E-state index is 0.385. The molecule has 0 amide bonds. The van der Waals surface area contributed by atoms with Gasteiger partial charge in [-0.25, -0.2) is 4.98 Å². The van der Waals surface area contributed by atoms with Crippen LogP contribution >= 0.6 is 0 Å². The molecule has 0 unspecified atom stereocenters. The molecule has 2 aromatic carbocycles. The summed E-state index contributed by atoms with van der Waals surface area (Å²) in [5.74, 6) is 2.25. The number of methoxy groups -OCH3 is 3. The molecule has 2 aliphatic rings. The fraction of sp³-hybridized carbons (Fsp3) is 0.414. The zero-order valence-electron chi connectivity index (χ0n) is 21.5. The van der Waals surface area contributed by atoms with Crippen LogP contribution < -0.4 is 14.2 Å². The van der Waals surface area contributed by atoms with Gasteiger partial charge in [0.1, 0.15) is 18.1 Å². The van der Waals surface area contributed by atoms with Crippen molar-refractivity contribution in [2.45, 2.75) is 13.5 Å². The van der Waals surface area contributed by atoms with Gasteiger partial charge in [-0.1, -0.05) is 24.3 Å². The summed E-state index contributed by atoms with van der Waals surface area (Å²) < 4.78 is 27.9. The SMILES string of the molecule is COCCOc1ccc(-c2cccc(-c3cc(C)c(CN4CC5(COC5)C4)c(OC)n3)c2OC)cc1. The van der Waals surface area contributed by atoms with E-state index in [1.165, 1.54) is 0 Å². The number of ether oxygens (including phenoxy) is 5. The Bertz CT molecular complexity index is 1200. The average molecular weight is 491 g/mol. The van der Waals surface area contributed by atoms with Crippen LogP contribution in [0.1, 0.15) is 11.1 Å². The van der Waals surface area contributed by atoms with Crippen LogP contribution in [-0.4, -0.2) is 70.7 Å². The van der Waals surface area contributed by atoms with E-state index in [2.05, 4.69) is 24.0 Å². The number of benzene rings is 2. The van der Waals surface area contributed by atoms with Crippen molar-refractivity contribution in [2.24, 2.45) is 5.41 Å². The quantitative estimate of drug-likeness (QED) is 0.385. The van der Waals surface area contributed by atoms with E-state index in [-0.39, 0.29) is 0 Å². The van der Waals surface area contributed by atoms with Gasteiger partial charge in [0, 0.05) is 48.8 Å². The molecule has 1 spiro atoms. The largest absolute Gasteiger partial charge is 0.495 e. The Labute approximate surface area is 212 Å². The fourth-order valence-corrected chi connectivity index (χ4v) is 5.14. The second kappa shape index (κ2) is 10.5. The maximum Gasteiger partial charge on any atom is 0.218 e. The topological polar surface area (TPSA) is 62.3 Å². The number of hydrogen-bond acceptors (Lipinski definition) is 7. The zero-order chi connectivity index (χ0) is 25.1. The Balaban J connectivity index is 1.41. The van der Waals surface area contributed by atoms with E-state index in [0.29, 0.717) is 24.5 Å². The lowest BCUT2D eigenvalue weighted by molar-refractivity contribution is -0.191. The third kappa shape index (κ3) is 4.78. The molecule has 7 nitrogen and oxygen atoms in total. The molecule has 0 aliphatic carbocycles. The average Bonchev–Trinajstić information content (AvgIpc) is 2.85. The molecule has 3 heterocycles. The van der Waals surface area contributed by atoms with Crippen molar-refractivity contribution >= 4 is 0 Å².